The van der Waals surface area contributed by atoms with Crippen molar-refractivity contribution in [3.8, 4) is 27.9 Å². The smallest absolute Gasteiger partial charge is 0.0541 e. The summed E-state index contributed by atoms with van der Waals surface area (Å²) in [7, 11) is 0. The molecule has 0 spiro atoms. The lowest BCUT2D eigenvalue weighted by atomic mass is 9.95. The first kappa shape index (κ1) is 35.2. The molecule has 1 heterocycles. The normalized spacial score (nSPS) is 11.6. The van der Waals surface area contributed by atoms with E-state index >= 15 is 0 Å². The van der Waals surface area contributed by atoms with Crippen LogP contribution in [0.5, 0.6) is 0 Å². The van der Waals surface area contributed by atoms with Gasteiger partial charge >= 0.3 is 0 Å². The molecule has 0 unspecified atom stereocenters. The second kappa shape index (κ2) is 15.1. The first-order valence-electron chi connectivity index (χ1n) is 20.6. The van der Waals surface area contributed by atoms with Crippen molar-refractivity contribution in [1.82, 2.24) is 4.57 Å². The van der Waals surface area contributed by atoms with Gasteiger partial charge in [-0.2, -0.15) is 0 Å². The zero-order chi connectivity index (χ0) is 39.8. The van der Waals surface area contributed by atoms with E-state index in [1.807, 2.05) is 6.07 Å². The van der Waals surface area contributed by atoms with Crippen molar-refractivity contribution in [2.24, 2.45) is 0 Å². The minimum absolute atomic E-state index is 1.09. The van der Waals surface area contributed by atoms with Gasteiger partial charge in [0.15, 0.2) is 0 Å². The molecule has 2 heteroatoms. The average Bonchev–Trinajstić information content (AvgIpc) is 3.65. The summed E-state index contributed by atoms with van der Waals surface area (Å²) in [4.78, 5) is 2.33. The van der Waals surface area contributed by atoms with E-state index < -0.39 is 0 Å². The summed E-state index contributed by atoms with van der Waals surface area (Å²) in [5, 5.41) is 7.48. The molecule has 11 aromatic rings. The molecular weight excluding hydrogens is 725 g/mol. The molecule has 0 aliphatic rings. The maximum absolute atomic E-state index is 2.43. The molecule has 0 saturated heterocycles. The molecule has 2 nitrogen and oxygen atoms in total. The van der Waals surface area contributed by atoms with Crippen molar-refractivity contribution in [2.45, 2.75) is 0 Å². The van der Waals surface area contributed by atoms with Crippen molar-refractivity contribution in [3.05, 3.63) is 242 Å². The summed E-state index contributed by atoms with van der Waals surface area (Å²) in [5.41, 5.74) is 14.0. The van der Waals surface area contributed by atoms with Crippen molar-refractivity contribution in [2.75, 3.05) is 4.90 Å². The highest BCUT2D eigenvalue weighted by atomic mass is 15.1. The number of benzene rings is 10. The number of anilines is 3. The Morgan fingerprint density at radius 2 is 0.750 bits per heavy atom. The Bertz CT molecular complexity index is 3190. The monoisotopic (exact) mass is 764 g/mol. The minimum atomic E-state index is 1.09. The van der Waals surface area contributed by atoms with Crippen molar-refractivity contribution in [3.63, 3.8) is 0 Å². The number of aromatic nitrogens is 1. The van der Waals surface area contributed by atoms with E-state index in [4.69, 9.17) is 0 Å². The summed E-state index contributed by atoms with van der Waals surface area (Å²) in [5.74, 6) is 0. The maximum atomic E-state index is 2.43. The van der Waals surface area contributed by atoms with Crippen LogP contribution in [0.25, 0.3) is 83.4 Å². The molecule has 282 valence electrons. The van der Waals surface area contributed by atoms with Gasteiger partial charge in [0, 0.05) is 33.5 Å². The predicted molar refractivity (Wildman–Crippen MR) is 257 cm³/mol. The third kappa shape index (κ3) is 6.41. The third-order valence-electron chi connectivity index (χ3n) is 11.8. The fraction of sp³-hybridized carbons (Fsp3) is 0. The lowest BCUT2D eigenvalue weighted by Crippen LogP contribution is -2.10. The van der Waals surface area contributed by atoms with Gasteiger partial charge in [-0.3, -0.25) is 0 Å². The van der Waals surface area contributed by atoms with E-state index in [-0.39, 0.29) is 0 Å². The quantitative estimate of drug-likeness (QED) is 0.140. The first-order valence-corrected chi connectivity index (χ1v) is 20.6. The Balaban J connectivity index is 1.03. The molecule has 0 aliphatic carbocycles. The van der Waals surface area contributed by atoms with E-state index in [9.17, 15) is 0 Å². The minimum Gasteiger partial charge on any atom is -0.311 e. The second-order valence-electron chi connectivity index (χ2n) is 15.4. The molecule has 60 heavy (non-hydrogen) atoms. The predicted octanol–water partition coefficient (Wildman–Crippen LogP) is 16.1. The van der Waals surface area contributed by atoms with Gasteiger partial charge in [-0.05, 0) is 128 Å². The van der Waals surface area contributed by atoms with Crippen LogP contribution in [0, 0.1) is 0 Å². The maximum Gasteiger partial charge on any atom is 0.0541 e. The average molecular weight is 765 g/mol. The largest absolute Gasteiger partial charge is 0.311 e. The van der Waals surface area contributed by atoms with Crippen LogP contribution in [0.1, 0.15) is 11.1 Å². The van der Waals surface area contributed by atoms with Crippen LogP contribution in [-0.2, 0) is 0 Å². The molecule has 0 aliphatic heterocycles. The topological polar surface area (TPSA) is 8.17 Å². The Kier molecular flexibility index (Phi) is 8.87. The molecule has 10 aromatic carbocycles. The van der Waals surface area contributed by atoms with Crippen LogP contribution in [0.3, 0.4) is 0 Å². The zero-order valence-corrected chi connectivity index (χ0v) is 33.0. The van der Waals surface area contributed by atoms with Crippen LogP contribution >= 0.6 is 0 Å². The Hall–Kier alpha value is -7.94. The summed E-state index contributed by atoms with van der Waals surface area (Å²) in [6, 6.07) is 83.4. The molecule has 0 bridgehead atoms. The van der Waals surface area contributed by atoms with E-state index in [0.29, 0.717) is 0 Å². The van der Waals surface area contributed by atoms with Gasteiger partial charge in [0.2, 0.25) is 0 Å². The van der Waals surface area contributed by atoms with Crippen LogP contribution < -0.4 is 4.90 Å². The Labute approximate surface area is 350 Å². The van der Waals surface area contributed by atoms with Gasteiger partial charge in [0.05, 0.1) is 11.0 Å². The van der Waals surface area contributed by atoms with Gasteiger partial charge in [0.25, 0.3) is 0 Å². The van der Waals surface area contributed by atoms with Gasteiger partial charge in [-0.15, -0.1) is 0 Å². The summed E-state index contributed by atoms with van der Waals surface area (Å²) in [6.45, 7) is 0. The molecule has 0 amide bonds. The zero-order valence-electron chi connectivity index (χ0n) is 33.0. The standard InChI is InChI=1S/C58H40N2/c1-3-13-41(14-4-1)25-26-42-27-31-48(32-28-42)59(47-19-5-2-6-20-47)49-33-35-50(36-34-49)60-57-37-29-45(53-23-11-17-43-15-7-9-21-51(43)53)39-55(57)56-40-46(30-38-58(56)60)54-24-12-18-44-16-8-10-22-52(44)54/h1-40H. The number of para-hydroxylation sites is 1. The van der Waals surface area contributed by atoms with Gasteiger partial charge in [-0.1, -0.05) is 170 Å². The third-order valence-corrected chi connectivity index (χ3v) is 11.8. The SMILES string of the molecule is C(=Cc1ccc(N(c2ccccc2)c2ccc(-n3c4ccc(-c5cccc6ccccc56)cc4c4cc(-c5cccc6ccccc56)ccc43)cc2)cc1)c1ccccc1. The number of fused-ring (bicyclic) bond motifs is 5. The summed E-state index contributed by atoms with van der Waals surface area (Å²) in [6.07, 6.45) is 4.33. The fourth-order valence-corrected chi connectivity index (χ4v) is 8.86. The van der Waals surface area contributed by atoms with Crippen LogP contribution in [-0.4, -0.2) is 4.57 Å². The lowest BCUT2D eigenvalue weighted by Gasteiger charge is -2.26. The van der Waals surface area contributed by atoms with Crippen LogP contribution in [0.15, 0.2) is 231 Å². The van der Waals surface area contributed by atoms with Crippen LogP contribution in [0.2, 0.25) is 0 Å². The van der Waals surface area contributed by atoms with Gasteiger partial charge in [-0.25, -0.2) is 0 Å². The molecule has 0 atom stereocenters. The van der Waals surface area contributed by atoms with E-state index in [2.05, 4.69) is 246 Å². The van der Waals surface area contributed by atoms with Crippen molar-refractivity contribution < 1.29 is 0 Å². The molecule has 11 rings (SSSR count). The summed E-state index contributed by atoms with van der Waals surface area (Å²) < 4.78 is 2.43. The number of hydrogen-bond donors (Lipinski definition) is 0. The molecular formula is C58H40N2. The molecule has 1 aromatic heterocycles. The molecule has 0 radical (unpaired) electrons. The molecule has 0 fully saturated rings. The number of nitrogens with zero attached hydrogens (tertiary/aromatic N) is 2. The number of rotatable bonds is 8. The lowest BCUT2D eigenvalue weighted by molar-refractivity contribution is 1.17. The van der Waals surface area contributed by atoms with Crippen molar-refractivity contribution in [1.29, 1.82) is 0 Å². The first-order chi connectivity index (χ1) is 29.7. The Morgan fingerprint density at radius 1 is 0.317 bits per heavy atom. The highest BCUT2D eigenvalue weighted by Crippen LogP contribution is 2.41. The van der Waals surface area contributed by atoms with Gasteiger partial charge in [0.1, 0.15) is 0 Å². The van der Waals surface area contributed by atoms with E-state index in [1.165, 1.54) is 71.2 Å². The second-order valence-corrected chi connectivity index (χ2v) is 15.4. The van der Waals surface area contributed by atoms with E-state index in [1.54, 1.807) is 0 Å². The van der Waals surface area contributed by atoms with E-state index in [0.717, 1.165) is 28.3 Å². The number of hydrogen-bond acceptors (Lipinski definition) is 1. The van der Waals surface area contributed by atoms with Crippen LogP contribution in [0.4, 0.5) is 17.1 Å². The summed E-state index contributed by atoms with van der Waals surface area (Å²) >= 11 is 0. The molecule has 0 saturated carbocycles. The fourth-order valence-electron chi connectivity index (χ4n) is 8.86. The molecule has 0 N–H and O–H groups in total. The highest BCUT2D eigenvalue weighted by molar-refractivity contribution is 6.13. The van der Waals surface area contributed by atoms with Crippen molar-refractivity contribution >= 4 is 72.6 Å². The van der Waals surface area contributed by atoms with Gasteiger partial charge < -0.3 is 9.47 Å². The highest BCUT2D eigenvalue weighted by Gasteiger charge is 2.18. The Morgan fingerprint density at radius 3 is 1.30 bits per heavy atom.